The third-order valence-electron chi connectivity index (χ3n) is 3.88. The van der Waals surface area contributed by atoms with Crippen LogP contribution in [-0.2, 0) is 6.18 Å². The summed E-state index contributed by atoms with van der Waals surface area (Å²) >= 11 is 0. The van der Waals surface area contributed by atoms with Gasteiger partial charge in [-0.3, -0.25) is 0 Å². The van der Waals surface area contributed by atoms with E-state index < -0.39 is 11.9 Å². The summed E-state index contributed by atoms with van der Waals surface area (Å²) in [5.74, 6) is 0.147. The van der Waals surface area contributed by atoms with Crippen LogP contribution in [0, 0.1) is 12.3 Å². The van der Waals surface area contributed by atoms with Gasteiger partial charge in [0.15, 0.2) is 5.69 Å². The molecule has 0 saturated carbocycles. The van der Waals surface area contributed by atoms with E-state index in [0.717, 1.165) is 19.5 Å². The fraction of sp³-hybridized carbons (Fsp3) is 0.667. The van der Waals surface area contributed by atoms with Crippen LogP contribution in [0.2, 0.25) is 0 Å². The van der Waals surface area contributed by atoms with E-state index in [9.17, 15) is 13.2 Å². The van der Waals surface area contributed by atoms with E-state index in [4.69, 9.17) is 0 Å². The summed E-state index contributed by atoms with van der Waals surface area (Å²) in [5, 5.41) is 3.26. The molecule has 2 aliphatic rings. The molecule has 2 saturated heterocycles. The first kappa shape index (κ1) is 12.7. The van der Waals surface area contributed by atoms with E-state index >= 15 is 0 Å². The van der Waals surface area contributed by atoms with Crippen LogP contribution in [0.4, 0.5) is 18.9 Å². The molecule has 104 valence electrons. The standard InChI is InChI=1S/C12H15F3N4/c1-8-17-4-9(10(18-8)12(13,14)15)19-6-11(7-19)2-3-16-5-11/h4,16H,2-3,5-7H2,1H3. The van der Waals surface area contributed by atoms with Gasteiger partial charge in [0.1, 0.15) is 5.82 Å². The first-order valence-electron chi connectivity index (χ1n) is 6.26. The quantitative estimate of drug-likeness (QED) is 0.843. The Morgan fingerprint density at radius 2 is 2.11 bits per heavy atom. The maximum atomic E-state index is 13.0. The van der Waals surface area contributed by atoms with Crippen LogP contribution in [0.3, 0.4) is 0 Å². The maximum absolute atomic E-state index is 13.0. The summed E-state index contributed by atoms with van der Waals surface area (Å²) in [6, 6.07) is 0. The van der Waals surface area contributed by atoms with E-state index in [-0.39, 0.29) is 16.9 Å². The van der Waals surface area contributed by atoms with Crippen molar-refractivity contribution in [2.75, 3.05) is 31.1 Å². The van der Waals surface area contributed by atoms with Gasteiger partial charge in [0.2, 0.25) is 0 Å². The molecule has 19 heavy (non-hydrogen) atoms. The van der Waals surface area contributed by atoms with Crippen molar-refractivity contribution >= 4 is 5.69 Å². The average Bonchev–Trinajstić information content (AvgIpc) is 2.75. The minimum atomic E-state index is -4.43. The Labute approximate surface area is 109 Å². The minimum absolute atomic E-state index is 0.107. The molecule has 1 aromatic rings. The minimum Gasteiger partial charge on any atom is -0.367 e. The monoisotopic (exact) mass is 272 g/mol. The van der Waals surface area contributed by atoms with Crippen molar-refractivity contribution in [1.82, 2.24) is 15.3 Å². The molecule has 0 aromatic carbocycles. The van der Waals surface area contributed by atoms with Crippen molar-refractivity contribution in [3.8, 4) is 0 Å². The Kier molecular flexibility index (Phi) is 2.70. The molecule has 0 radical (unpaired) electrons. The number of nitrogens with zero attached hydrogens (tertiary/aromatic N) is 3. The topological polar surface area (TPSA) is 41.1 Å². The lowest BCUT2D eigenvalue weighted by Gasteiger charge is -2.49. The molecule has 2 fully saturated rings. The van der Waals surface area contributed by atoms with Gasteiger partial charge >= 0.3 is 6.18 Å². The van der Waals surface area contributed by atoms with Crippen LogP contribution >= 0.6 is 0 Å². The van der Waals surface area contributed by atoms with E-state index in [1.54, 1.807) is 4.90 Å². The maximum Gasteiger partial charge on any atom is 0.435 e. The zero-order valence-electron chi connectivity index (χ0n) is 10.6. The van der Waals surface area contributed by atoms with Gasteiger partial charge in [-0.2, -0.15) is 13.2 Å². The summed E-state index contributed by atoms with van der Waals surface area (Å²) in [6.07, 6.45) is -2.11. The highest BCUT2D eigenvalue weighted by Gasteiger charge is 2.47. The van der Waals surface area contributed by atoms with Crippen molar-refractivity contribution < 1.29 is 13.2 Å². The van der Waals surface area contributed by atoms with E-state index in [1.807, 2.05) is 0 Å². The Morgan fingerprint density at radius 3 is 2.68 bits per heavy atom. The molecular formula is C12H15F3N4. The van der Waals surface area contributed by atoms with Crippen LogP contribution in [0.5, 0.6) is 0 Å². The lowest BCUT2D eigenvalue weighted by atomic mass is 9.79. The third kappa shape index (κ3) is 2.16. The van der Waals surface area contributed by atoms with Crippen LogP contribution in [-0.4, -0.2) is 36.1 Å². The molecule has 3 heterocycles. The Hall–Kier alpha value is -1.37. The highest BCUT2D eigenvalue weighted by molar-refractivity contribution is 5.53. The number of anilines is 1. The predicted octanol–water partition coefficient (Wildman–Crippen LogP) is 1.60. The van der Waals surface area contributed by atoms with Crippen LogP contribution < -0.4 is 10.2 Å². The highest BCUT2D eigenvalue weighted by atomic mass is 19.4. The summed E-state index contributed by atoms with van der Waals surface area (Å²) in [4.78, 5) is 9.20. The number of hydrogen-bond acceptors (Lipinski definition) is 4. The second-order valence-corrected chi connectivity index (χ2v) is 5.43. The number of alkyl halides is 3. The zero-order chi connectivity index (χ0) is 13.7. The fourth-order valence-electron chi connectivity index (χ4n) is 2.90. The molecule has 4 nitrogen and oxygen atoms in total. The summed E-state index contributed by atoms with van der Waals surface area (Å²) in [6.45, 7) is 4.60. The van der Waals surface area contributed by atoms with Crippen LogP contribution in [0.1, 0.15) is 17.9 Å². The summed E-state index contributed by atoms with van der Waals surface area (Å²) in [5.41, 5.74) is -0.565. The Bertz CT molecular complexity index is 486. The van der Waals surface area contributed by atoms with E-state index in [1.165, 1.54) is 13.1 Å². The lowest BCUT2D eigenvalue weighted by molar-refractivity contribution is -0.141. The number of aromatic nitrogens is 2. The van der Waals surface area contributed by atoms with Crippen molar-refractivity contribution in [1.29, 1.82) is 0 Å². The SMILES string of the molecule is Cc1ncc(N2CC3(CCNC3)C2)c(C(F)(F)F)n1. The number of rotatable bonds is 1. The normalized spacial score (nSPS) is 21.8. The molecule has 0 unspecified atom stereocenters. The zero-order valence-corrected chi connectivity index (χ0v) is 10.6. The number of aryl methyl sites for hydroxylation is 1. The molecule has 0 aliphatic carbocycles. The molecule has 1 aromatic heterocycles. The second kappa shape index (κ2) is 4.06. The molecule has 2 aliphatic heterocycles. The molecule has 1 N–H and O–H groups in total. The van der Waals surface area contributed by atoms with E-state index in [2.05, 4.69) is 15.3 Å². The molecular weight excluding hydrogens is 257 g/mol. The Morgan fingerprint density at radius 1 is 1.37 bits per heavy atom. The van der Waals surface area contributed by atoms with Gasteiger partial charge in [-0.15, -0.1) is 0 Å². The van der Waals surface area contributed by atoms with Gasteiger partial charge in [-0.25, -0.2) is 9.97 Å². The number of halogens is 3. The van der Waals surface area contributed by atoms with Crippen molar-refractivity contribution in [3.63, 3.8) is 0 Å². The fourth-order valence-corrected chi connectivity index (χ4v) is 2.90. The number of nitrogens with one attached hydrogen (secondary N) is 1. The van der Waals surface area contributed by atoms with Crippen LogP contribution in [0.25, 0.3) is 0 Å². The molecule has 0 atom stereocenters. The van der Waals surface area contributed by atoms with Gasteiger partial charge in [-0.05, 0) is 19.9 Å². The van der Waals surface area contributed by atoms with Gasteiger partial charge in [0.25, 0.3) is 0 Å². The average molecular weight is 272 g/mol. The van der Waals surface area contributed by atoms with E-state index in [0.29, 0.717) is 13.1 Å². The molecule has 0 amide bonds. The van der Waals surface area contributed by atoms with Crippen molar-refractivity contribution in [2.24, 2.45) is 5.41 Å². The largest absolute Gasteiger partial charge is 0.435 e. The van der Waals surface area contributed by atoms with Crippen LogP contribution in [0.15, 0.2) is 6.20 Å². The number of hydrogen-bond donors (Lipinski definition) is 1. The van der Waals surface area contributed by atoms with Crippen molar-refractivity contribution in [3.05, 3.63) is 17.7 Å². The van der Waals surface area contributed by atoms with Crippen molar-refractivity contribution in [2.45, 2.75) is 19.5 Å². The molecule has 3 rings (SSSR count). The molecule has 1 spiro atoms. The smallest absolute Gasteiger partial charge is 0.367 e. The third-order valence-corrected chi connectivity index (χ3v) is 3.88. The van der Waals surface area contributed by atoms with Gasteiger partial charge < -0.3 is 10.2 Å². The highest BCUT2D eigenvalue weighted by Crippen LogP contribution is 2.42. The molecule has 0 bridgehead atoms. The molecule has 7 heteroatoms. The van der Waals surface area contributed by atoms with Gasteiger partial charge in [0.05, 0.1) is 11.9 Å². The second-order valence-electron chi connectivity index (χ2n) is 5.43. The van der Waals surface area contributed by atoms with Gasteiger partial charge in [-0.1, -0.05) is 0 Å². The Balaban J connectivity index is 1.86. The predicted molar refractivity (Wildman–Crippen MR) is 63.9 cm³/mol. The first-order valence-corrected chi connectivity index (χ1v) is 6.26. The lowest BCUT2D eigenvalue weighted by Crippen LogP contribution is -2.58. The summed E-state index contributed by atoms with van der Waals surface area (Å²) in [7, 11) is 0. The summed E-state index contributed by atoms with van der Waals surface area (Å²) < 4.78 is 39.0. The first-order chi connectivity index (χ1) is 8.90. The van der Waals surface area contributed by atoms with Gasteiger partial charge in [0, 0.05) is 25.0 Å².